The molecule has 0 fully saturated rings. The Kier molecular flexibility index (Phi) is 4.32. The van der Waals surface area contributed by atoms with Crippen molar-refractivity contribution in [2.75, 3.05) is 11.5 Å². The van der Waals surface area contributed by atoms with Crippen LogP contribution in [0.25, 0.3) is 11.0 Å². The van der Waals surface area contributed by atoms with E-state index in [-0.39, 0.29) is 23.7 Å². The lowest BCUT2D eigenvalue weighted by molar-refractivity contribution is -0.130. The standard InChI is InChI=1S/C19H16N6O3S/c20-18-21-19(23-22-18)29-10-17(26)25-13(15-6-3-7-27-15)9-12(24-25)16-8-11-4-1-2-5-14(11)28-16/h1-8,13H,9-10H2,(H3,20,21,22,23)/t13-/m0/s1. The Hall–Kier alpha value is -3.53. The summed E-state index contributed by atoms with van der Waals surface area (Å²) in [5.41, 5.74) is 7.00. The molecule has 0 aliphatic carbocycles. The molecule has 0 saturated heterocycles. The van der Waals surface area contributed by atoms with Crippen LogP contribution in [0.15, 0.2) is 67.8 Å². The number of nitrogens with zero attached hydrogens (tertiary/aromatic N) is 4. The number of H-pyrrole nitrogens is 1. The molecule has 1 amide bonds. The molecule has 1 aliphatic rings. The highest BCUT2D eigenvalue weighted by Crippen LogP contribution is 2.35. The van der Waals surface area contributed by atoms with Crippen LogP contribution in [0.5, 0.6) is 0 Å². The summed E-state index contributed by atoms with van der Waals surface area (Å²) in [7, 11) is 0. The van der Waals surface area contributed by atoms with Gasteiger partial charge in [-0.25, -0.2) is 10.1 Å². The second-order valence-electron chi connectivity index (χ2n) is 6.46. The van der Waals surface area contributed by atoms with Crippen LogP contribution in [0.3, 0.4) is 0 Å². The first-order valence-electron chi connectivity index (χ1n) is 8.90. The maximum absolute atomic E-state index is 12.9. The number of hydrogen-bond acceptors (Lipinski definition) is 8. The highest BCUT2D eigenvalue weighted by atomic mass is 32.2. The predicted molar refractivity (Wildman–Crippen MR) is 107 cm³/mol. The Morgan fingerprint density at radius 1 is 1.31 bits per heavy atom. The summed E-state index contributed by atoms with van der Waals surface area (Å²) >= 11 is 1.19. The fourth-order valence-corrected chi connectivity index (χ4v) is 3.89. The molecule has 0 radical (unpaired) electrons. The minimum atomic E-state index is -0.335. The monoisotopic (exact) mass is 408 g/mol. The van der Waals surface area contributed by atoms with Crippen molar-refractivity contribution in [3.63, 3.8) is 0 Å². The lowest BCUT2D eigenvalue weighted by atomic mass is 10.1. The van der Waals surface area contributed by atoms with E-state index in [4.69, 9.17) is 14.6 Å². The zero-order chi connectivity index (χ0) is 19.8. The Labute approximate surface area is 169 Å². The number of benzene rings is 1. The van der Waals surface area contributed by atoms with Gasteiger partial charge in [-0.15, -0.1) is 5.10 Å². The number of hydrazone groups is 1. The van der Waals surface area contributed by atoms with Gasteiger partial charge in [0.1, 0.15) is 23.1 Å². The Balaban J connectivity index is 1.42. The van der Waals surface area contributed by atoms with Gasteiger partial charge in [0, 0.05) is 11.8 Å². The molecule has 10 heteroatoms. The van der Waals surface area contributed by atoms with E-state index >= 15 is 0 Å². The first-order valence-corrected chi connectivity index (χ1v) is 9.88. The lowest BCUT2D eigenvalue weighted by Gasteiger charge is -2.19. The minimum absolute atomic E-state index is 0.116. The van der Waals surface area contributed by atoms with Crippen LogP contribution in [0.2, 0.25) is 0 Å². The molecule has 0 unspecified atom stereocenters. The van der Waals surface area contributed by atoms with Crippen molar-refractivity contribution >= 4 is 40.3 Å². The summed E-state index contributed by atoms with van der Waals surface area (Å²) in [5, 5.41) is 13.9. The molecule has 1 aliphatic heterocycles. The minimum Gasteiger partial charge on any atom is -0.467 e. The normalized spacial score (nSPS) is 16.5. The van der Waals surface area contributed by atoms with Gasteiger partial charge in [-0.3, -0.25) is 4.79 Å². The van der Waals surface area contributed by atoms with Gasteiger partial charge in [0.05, 0.1) is 12.0 Å². The van der Waals surface area contributed by atoms with E-state index in [0.29, 0.717) is 28.8 Å². The first kappa shape index (κ1) is 17.6. The van der Waals surface area contributed by atoms with E-state index in [1.807, 2.05) is 36.4 Å². The quantitative estimate of drug-likeness (QED) is 0.486. The molecular weight excluding hydrogens is 392 g/mol. The van der Waals surface area contributed by atoms with Crippen molar-refractivity contribution in [2.24, 2.45) is 5.10 Å². The molecule has 3 aromatic heterocycles. The SMILES string of the molecule is Nc1nc(SCC(=O)N2N=C(c3cc4ccccc4o3)C[C@H]2c2ccco2)n[nH]1. The molecule has 29 heavy (non-hydrogen) atoms. The number of carbonyl (C=O) groups excluding carboxylic acids is 1. The molecule has 5 rings (SSSR count). The summed E-state index contributed by atoms with van der Waals surface area (Å²) in [5.74, 6) is 1.45. The number of anilines is 1. The highest BCUT2D eigenvalue weighted by molar-refractivity contribution is 7.99. The second kappa shape index (κ2) is 7.13. The van der Waals surface area contributed by atoms with Gasteiger partial charge in [0.2, 0.25) is 11.1 Å². The largest absolute Gasteiger partial charge is 0.467 e. The molecule has 9 nitrogen and oxygen atoms in total. The van der Waals surface area contributed by atoms with Crippen molar-refractivity contribution in [1.82, 2.24) is 20.2 Å². The molecule has 0 spiro atoms. The van der Waals surface area contributed by atoms with Gasteiger partial charge in [-0.05, 0) is 24.3 Å². The van der Waals surface area contributed by atoms with Crippen LogP contribution in [0.4, 0.5) is 5.95 Å². The topological polar surface area (TPSA) is 127 Å². The predicted octanol–water partition coefficient (Wildman–Crippen LogP) is 3.20. The van der Waals surface area contributed by atoms with Crippen LogP contribution in [0, 0.1) is 0 Å². The number of aromatic nitrogens is 3. The third-order valence-electron chi connectivity index (χ3n) is 4.55. The Morgan fingerprint density at radius 3 is 2.97 bits per heavy atom. The average molecular weight is 408 g/mol. The number of fused-ring (bicyclic) bond motifs is 1. The zero-order valence-electron chi connectivity index (χ0n) is 15.1. The van der Waals surface area contributed by atoms with Crippen LogP contribution in [-0.4, -0.2) is 37.6 Å². The summed E-state index contributed by atoms with van der Waals surface area (Å²) in [6, 6.07) is 13.0. The van der Waals surface area contributed by atoms with Gasteiger partial charge >= 0.3 is 0 Å². The zero-order valence-corrected chi connectivity index (χ0v) is 15.9. The number of hydrogen-bond donors (Lipinski definition) is 2. The number of nitrogens with two attached hydrogens (primary N) is 1. The van der Waals surface area contributed by atoms with Gasteiger partial charge in [0.15, 0.2) is 5.76 Å². The number of amides is 1. The summed E-state index contributed by atoms with van der Waals surface area (Å²) in [6.45, 7) is 0. The third kappa shape index (κ3) is 3.38. The lowest BCUT2D eigenvalue weighted by Crippen LogP contribution is -2.28. The molecule has 3 N–H and O–H groups in total. The van der Waals surface area contributed by atoms with E-state index in [0.717, 1.165) is 11.0 Å². The van der Waals surface area contributed by atoms with Crippen molar-refractivity contribution < 1.29 is 13.6 Å². The van der Waals surface area contributed by atoms with E-state index in [1.165, 1.54) is 16.8 Å². The van der Waals surface area contributed by atoms with Crippen LogP contribution in [-0.2, 0) is 4.79 Å². The molecule has 4 aromatic rings. The summed E-state index contributed by atoms with van der Waals surface area (Å²) < 4.78 is 11.5. The van der Waals surface area contributed by atoms with Gasteiger partial charge in [-0.2, -0.15) is 10.1 Å². The van der Waals surface area contributed by atoms with Crippen LogP contribution < -0.4 is 5.73 Å². The fraction of sp³-hybridized carbons (Fsp3) is 0.158. The van der Waals surface area contributed by atoms with E-state index in [9.17, 15) is 4.79 Å². The highest BCUT2D eigenvalue weighted by Gasteiger charge is 2.36. The number of furan rings is 2. The number of carbonyl (C=O) groups is 1. The number of para-hydroxylation sites is 1. The molecule has 1 atom stereocenters. The maximum Gasteiger partial charge on any atom is 0.253 e. The first-order chi connectivity index (χ1) is 14.2. The third-order valence-corrected chi connectivity index (χ3v) is 5.39. The van der Waals surface area contributed by atoms with Crippen molar-refractivity contribution in [2.45, 2.75) is 17.6 Å². The van der Waals surface area contributed by atoms with Crippen LogP contribution >= 0.6 is 11.8 Å². The summed E-state index contributed by atoms with van der Waals surface area (Å²) in [4.78, 5) is 16.9. The maximum atomic E-state index is 12.9. The number of aromatic amines is 1. The molecule has 0 bridgehead atoms. The van der Waals surface area contributed by atoms with E-state index in [2.05, 4.69) is 20.3 Å². The number of nitrogens with one attached hydrogen (secondary N) is 1. The Morgan fingerprint density at radius 2 is 2.21 bits per heavy atom. The average Bonchev–Trinajstić information content (AvgIpc) is 3.51. The number of thioether (sulfide) groups is 1. The fourth-order valence-electron chi connectivity index (χ4n) is 3.23. The smallest absolute Gasteiger partial charge is 0.253 e. The van der Waals surface area contributed by atoms with Gasteiger partial charge in [0.25, 0.3) is 5.91 Å². The Bertz CT molecular complexity index is 1160. The van der Waals surface area contributed by atoms with Crippen molar-refractivity contribution in [3.05, 3.63) is 60.2 Å². The second-order valence-corrected chi connectivity index (χ2v) is 7.40. The van der Waals surface area contributed by atoms with E-state index in [1.54, 1.807) is 12.3 Å². The number of rotatable bonds is 5. The molecular formula is C19H16N6O3S. The molecule has 0 saturated carbocycles. The van der Waals surface area contributed by atoms with Crippen molar-refractivity contribution in [1.29, 1.82) is 0 Å². The van der Waals surface area contributed by atoms with Gasteiger partial charge in [-0.1, -0.05) is 30.0 Å². The molecule has 146 valence electrons. The van der Waals surface area contributed by atoms with Crippen LogP contribution in [0.1, 0.15) is 24.0 Å². The number of nitrogen functional groups attached to an aromatic ring is 1. The molecule has 4 heterocycles. The van der Waals surface area contributed by atoms with Gasteiger partial charge < -0.3 is 14.6 Å². The summed E-state index contributed by atoms with van der Waals surface area (Å²) in [6.07, 6.45) is 2.08. The molecule has 1 aromatic carbocycles. The van der Waals surface area contributed by atoms with E-state index < -0.39 is 0 Å². The van der Waals surface area contributed by atoms with Crippen molar-refractivity contribution in [3.8, 4) is 0 Å².